The number of halogens is 1. The molecule has 0 aliphatic rings. The number of hydrogen-bond donors (Lipinski definition) is 3. The van der Waals surface area contributed by atoms with Crippen molar-refractivity contribution in [2.45, 2.75) is 6.42 Å². The molecule has 7 heteroatoms. The molecule has 3 aromatic rings. The lowest BCUT2D eigenvalue weighted by Gasteiger charge is -1.98. The van der Waals surface area contributed by atoms with Crippen molar-refractivity contribution in [1.82, 2.24) is 19.9 Å². The third kappa shape index (κ3) is 2.37. The summed E-state index contributed by atoms with van der Waals surface area (Å²) >= 11 is 3.40. The summed E-state index contributed by atoms with van der Waals surface area (Å²) in [6.45, 7) is 0. The van der Waals surface area contributed by atoms with E-state index in [1.165, 1.54) is 0 Å². The Morgan fingerprint density at radius 3 is 2.79 bits per heavy atom. The van der Waals surface area contributed by atoms with E-state index < -0.39 is 11.2 Å². The molecule has 0 amide bonds. The number of aromatic amines is 3. The van der Waals surface area contributed by atoms with E-state index in [0.29, 0.717) is 12.2 Å². The fourth-order valence-electron chi connectivity index (χ4n) is 1.91. The van der Waals surface area contributed by atoms with Crippen molar-refractivity contribution in [2.24, 2.45) is 0 Å². The number of rotatable bonds is 2. The molecule has 0 aliphatic heterocycles. The highest BCUT2D eigenvalue weighted by atomic mass is 79.9. The Balaban J connectivity index is 2.05. The highest BCUT2D eigenvalue weighted by Crippen LogP contribution is 2.14. The minimum Gasteiger partial charge on any atom is -0.336 e. The summed E-state index contributed by atoms with van der Waals surface area (Å²) < 4.78 is 0.979. The number of benzene rings is 1. The molecule has 2 aromatic heterocycles. The molecule has 3 rings (SSSR count). The Kier molecular flexibility index (Phi) is 2.83. The minimum absolute atomic E-state index is 0.277. The highest BCUT2D eigenvalue weighted by molar-refractivity contribution is 9.10. The Labute approximate surface area is 115 Å². The molecular weight excluding hydrogens is 312 g/mol. The third-order valence-corrected chi connectivity index (χ3v) is 3.19. The first-order valence-electron chi connectivity index (χ1n) is 5.57. The molecule has 2 heterocycles. The second-order valence-electron chi connectivity index (χ2n) is 4.12. The second-order valence-corrected chi connectivity index (χ2v) is 5.04. The van der Waals surface area contributed by atoms with Gasteiger partial charge in [-0.3, -0.25) is 14.8 Å². The summed E-state index contributed by atoms with van der Waals surface area (Å²) in [6.07, 6.45) is 0.551. The molecular formula is C12H9BrN4O2. The fraction of sp³-hybridized carbons (Fsp3) is 0.0833. The van der Waals surface area contributed by atoms with Crippen LogP contribution in [0, 0.1) is 0 Å². The predicted molar refractivity (Wildman–Crippen MR) is 74.3 cm³/mol. The number of hydrogen-bond acceptors (Lipinski definition) is 3. The zero-order valence-corrected chi connectivity index (χ0v) is 11.2. The van der Waals surface area contributed by atoms with Gasteiger partial charge in [0.05, 0.1) is 0 Å². The maximum Gasteiger partial charge on any atom is 0.327 e. The van der Waals surface area contributed by atoms with E-state index in [2.05, 4.69) is 35.9 Å². The normalized spacial score (nSPS) is 11.0. The average molecular weight is 321 g/mol. The summed E-state index contributed by atoms with van der Waals surface area (Å²) in [4.78, 5) is 34.5. The Morgan fingerprint density at radius 1 is 1.16 bits per heavy atom. The molecule has 0 atom stereocenters. The molecule has 0 bridgehead atoms. The highest BCUT2D eigenvalue weighted by Gasteiger charge is 2.08. The van der Waals surface area contributed by atoms with Crippen LogP contribution in [-0.2, 0) is 6.42 Å². The lowest BCUT2D eigenvalue weighted by Crippen LogP contribution is -2.21. The molecule has 0 radical (unpaired) electrons. The van der Waals surface area contributed by atoms with Gasteiger partial charge in [-0.15, -0.1) is 0 Å². The number of aromatic nitrogens is 4. The van der Waals surface area contributed by atoms with Gasteiger partial charge in [-0.1, -0.05) is 28.1 Å². The second kappa shape index (κ2) is 4.51. The topological polar surface area (TPSA) is 94.4 Å². The number of imidazole rings is 1. The van der Waals surface area contributed by atoms with E-state index in [1.807, 2.05) is 24.3 Å². The average Bonchev–Trinajstić information content (AvgIpc) is 2.71. The van der Waals surface area contributed by atoms with E-state index in [-0.39, 0.29) is 11.2 Å². The first kappa shape index (κ1) is 11.9. The van der Waals surface area contributed by atoms with Crippen LogP contribution >= 0.6 is 15.9 Å². The van der Waals surface area contributed by atoms with E-state index in [0.717, 1.165) is 10.0 Å². The van der Waals surface area contributed by atoms with Crippen molar-refractivity contribution in [1.29, 1.82) is 0 Å². The van der Waals surface area contributed by atoms with Gasteiger partial charge in [0.2, 0.25) is 0 Å². The van der Waals surface area contributed by atoms with E-state index >= 15 is 0 Å². The lowest BCUT2D eigenvalue weighted by atomic mass is 10.1. The molecule has 0 fully saturated rings. The van der Waals surface area contributed by atoms with Gasteiger partial charge in [-0.25, -0.2) is 9.78 Å². The van der Waals surface area contributed by atoms with Crippen LogP contribution in [0.1, 0.15) is 11.4 Å². The molecule has 1 aromatic carbocycles. The largest absolute Gasteiger partial charge is 0.336 e. The predicted octanol–water partition coefficient (Wildman–Crippen LogP) is 1.29. The van der Waals surface area contributed by atoms with E-state index in [9.17, 15) is 9.59 Å². The van der Waals surface area contributed by atoms with Crippen molar-refractivity contribution in [3.05, 3.63) is 61.0 Å². The Bertz CT molecular complexity index is 862. The van der Waals surface area contributed by atoms with Crippen molar-refractivity contribution >= 4 is 27.1 Å². The molecule has 19 heavy (non-hydrogen) atoms. The fourth-order valence-corrected chi connectivity index (χ4v) is 2.35. The third-order valence-electron chi connectivity index (χ3n) is 2.70. The number of fused-ring (bicyclic) bond motifs is 1. The van der Waals surface area contributed by atoms with Gasteiger partial charge in [0, 0.05) is 10.9 Å². The molecule has 0 unspecified atom stereocenters. The first-order chi connectivity index (χ1) is 9.11. The van der Waals surface area contributed by atoms with Crippen LogP contribution in [0.5, 0.6) is 0 Å². The molecule has 0 aliphatic carbocycles. The molecule has 6 nitrogen and oxygen atoms in total. The number of H-pyrrole nitrogens is 3. The van der Waals surface area contributed by atoms with Crippen molar-refractivity contribution in [3.63, 3.8) is 0 Å². The number of nitrogens with one attached hydrogen (secondary N) is 3. The van der Waals surface area contributed by atoms with Gasteiger partial charge in [0.25, 0.3) is 5.56 Å². The van der Waals surface area contributed by atoms with Crippen molar-refractivity contribution in [3.8, 4) is 0 Å². The molecule has 96 valence electrons. The van der Waals surface area contributed by atoms with Crippen LogP contribution in [0.4, 0.5) is 0 Å². The van der Waals surface area contributed by atoms with Crippen LogP contribution < -0.4 is 11.2 Å². The van der Waals surface area contributed by atoms with Gasteiger partial charge in [0.15, 0.2) is 5.65 Å². The van der Waals surface area contributed by atoms with Gasteiger partial charge < -0.3 is 4.98 Å². The van der Waals surface area contributed by atoms with E-state index in [4.69, 9.17) is 0 Å². The van der Waals surface area contributed by atoms with Crippen LogP contribution in [0.2, 0.25) is 0 Å². The summed E-state index contributed by atoms with van der Waals surface area (Å²) in [5.41, 5.74) is 0.584. The molecule has 0 spiro atoms. The molecule has 0 saturated carbocycles. The first-order valence-corrected chi connectivity index (χ1v) is 6.37. The van der Waals surface area contributed by atoms with Gasteiger partial charge in [0.1, 0.15) is 11.3 Å². The zero-order chi connectivity index (χ0) is 13.4. The maximum atomic E-state index is 11.6. The Morgan fingerprint density at radius 2 is 2.00 bits per heavy atom. The lowest BCUT2D eigenvalue weighted by molar-refractivity contribution is 1.03. The van der Waals surface area contributed by atoms with E-state index in [1.54, 1.807) is 0 Å². The van der Waals surface area contributed by atoms with Gasteiger partial charge in [-0.05, 0) is 17.7 Å². The minimum atomic E-state index is -0.557. The van der Waals surface area contributed by atoms with Crippen LogP contribution in [-0.4, -0.2) is 19.9 Å². The standard InChI is InChI=1S/C12H9BrN4O2/c13-7-3-1-2-6(4-7)5-8-14-9-10(15-8)16-12(19)17-11(9)18/h1-4H,5H2,(H3,14,15,16,17,18,19). The smallest absolute Gasteiger partial charge is 0.327 e. The number of nitrogens with zero attached hydrogens (tertiary/aromatic N) is 1. The van der Waals surface area contributed by atoms with Gasteiger partial charge >= 0.3 is 5.69 Å². The zero-order valence-electron chi connectivity index (χ0n) is 9.66. The quantitative estimate of drug-likeness (QED) is 0.664. The summed E-state index contributed by atoms with van der Waals surface area (Å²) in [6, 6.07) is 7.80. The maximum absolute atomic E-state index is 11.6. The van der Waals surface area contributed by atoms with Crippen molar-refractivity contribution in [2.75, 3.05) is 0 Å². The van der Waals surface area contributed by atoms with Crippen LogP contribution in [0.25, 0.3) is 11.2 Å². The van der Waals surface area contributed by atoms with Crippen molar-refractivity contribution < 1.29 is 0 Å². The summed E-state index contributed by atoms with van der Waals surface area (Å²) in [5.74, 6) is 0.625. The summed E-state index contributed by atoms with van der Waals surface area (Å²) in [5, 5.41) is 0. The monoisotopic (exact) mass is 320 g/mol. The summed E-state index contributed by atoms with van der Waals surface area (Å²) in [7, 11) is 0. The van der Waals surface area contributed by atoms with Gasteiger partial charge in [-0.2, -0.15) is 0 Å². The SMILES string of the molecule is O=c1[nH]c(=O)c2[nH]c(Cc3cccc(Br)c3)nc2[nH]1. The van der Waals surface area contributed by atoms with Crippen LogP contribution in [0.15, 0.2) is 38.3 Å². The molecule has 0 saturated heterocycles. The molecule has 3 N–H and O–H groups in total. The van der Waals surface area contributed by atoms with Crippen LogP contribution in [0.3, 0.4) is 0 Å². The Hall–Kier alpha value is -2.15.